The molecule has 1 fully saturated rings. The van der Waals surface area contributed by atoms with Gasteiger partial charge in [0.15, 0.2) is 11.5 Å². The first-order valence-electron chi connectivity index (χ1n) is 12.2. The number of rotatable bonds is 7. The maximum atomic E-state index is 13.7. The average Bonchev–Trinajstić information content (AvgIpc) is 3.22. The minimum atomic E-state index is -0.949. The molecule has 0 aliphatic carbocycles. The van der Waals surface area contributed by atoms with Gasteiger partial charge >= 0.3 is 0 Å². The molecule has 1 saturated heterocycles. The number of ketones is 1. The summed E-state index contributed by atoms with van der Waals surface area (Å²) in [6, 6.07) is 24.3. The van der Waals surface area contributed by atoms with Crippen molar-refractivity contribution >= 4 is 33.9 Å². The van der Waals surface area contributed by atoms with Crippen molar-refractivity contribution in [2.24, 2.45) is 0 Å². The first-order chi connectivity index (χ1) is 18.5. The summed E-state index contributed by atoms with van der Waals surface area (Å²) in [5.74, 6) is -0.420. The van der Waals surface area contributed by atoms with Crippen LogP contribution in [0.2, 0.25) is 0 Å². The van der Waals surface area contributed by atoms with Gasteiger partial charge in [-0.25, -0.2) is 0 Å². The van der Waals surface area contributed by atoms with E-state index in [1.165, 1.54) is 12.0 Å². The maximum Gasteiger partial charge on any atom is 0.300 e. The number of nitrogens with zero attached hydrogens (tertiary/aromatic N) is 1. The Kier molecular flexibility index (Phi) is 6.75. The molecule has 0 radical (unpaired) electrons. The van der Waals surface area contributed by atoms with Crippen molar-refractivity contribution in [3.05, 3.63) is 102 Å². The van der Waals surface area contributed by atoms with E-state index in [9.17, 15) is 14.7 Å². The van der Waals surface area contributed by atoms with Crippen molar-refractivity contribution in [2.45, 2.75) is 13.0 Å². The van der Waals surface area contributed by atoms with E-state index in [0.717, 1.165) is 10.8 Å². The van der Waals surface area contributed by atoms with Crippen LogP contribution >= 0.6 is 0 Å². The fraction of sp³-hybridized carbons (Fsp3) is 0.161. The first kappa shape index (κ1) is 24.9. The van der Waals surface area contributed by atoms with E-state index in [1.807, 2.05) is 43.3 Å². The predicted octanol–water partition coefficient (Wildman–Crippen LogP) is 5.88. The summed E-state index contributed by atoms with van der Waals surface area (Å²) >= 11 is 0. The monoisotopic (exact) mass is 509 g/mol. The number of fused-ring (bicyclic) bond motifs is 1. The standard InChI is InChI=1S/C31H27NO6/c1-4-38-26-18-20(16-17-25(26)37-3)28-27(29(33)22-13-9-11-19-10-5-6-12-21(19)22)30(34)31(35)32(28)23-14-7-8-15-24(23)36-2/h5-18,28,33H,4H2,1-3H3/b29-27+. The van der Waals surface area contributed by atoms with Gasteiger partial charge in [0.1, 0.15) is 11.5 Å². The lowest BCUT2D eigenvalue weighted by Crippen LogP contribution is -2.29. The van der Waals surface area contributed by atoms with Gasteiger partial charge in [-0.15, -0.1) is 0 Å². The molecule has 5 rings (SSSR count). The predicted molar refractivity (Wildman–Crippen MR) is 146 cm³/mol. The molecule has 1 N–H and O–H groups in total. The topological polar surface area (TPSA) is 85.3 Å². The third-order valence-corrected chi connectivity index (χ3v) is 6.64. The van der Waals surface area contributed by atoms with Crippen molar-refractivity contribution in [1.29, 1.82) is 0 Å². The Bertz CT molecular complexity index is 1570. The molecule has 7 nitrogen and oxygen atoms in total. The molecule has 1 aliphatic heterocycles. The average molecular weight is 510 g/mol. The molecular formula is C31H27NO6. The lowest BCUT2D eigenvalue weighted by atomic mass is 9.93. The third kappa shape index (κ3) is 4.12. The Morgan fingerprint density at radius 2 is 1.55 bits per heavy atom. The molecule has 1 unspecified atom stereocenters. The Morgan fingerprint density at radius 1 is 0.842 bits per heavy atom. The smallest absolute Gasteiger partial charge is 0.300 e. The van der Waals surface area contributed by atoms with E-state index in [-0.39, 0.29) is 11.3 Å². The number of hydrogen-bond donors (Lipinski definition) is 1. The number of ether oxygens (including phenoxy) is 3. The van der Waals surface area contributed by atoms with Crippen LogP contribution in [0.3, 0.4) is 0 Å². The third-order valence-electron chi connectivity index (χ3n) is 6.64. The Balaban J connectivity index is 1.80. The lowest BCUT2D eigenvalue weighted by molar-refractivity contribution is -0.132. The van der Waals surface area contributed by atoms with Gasteiger partial charge in [0.05, 0.1) is 38.1 Å². The number of hydrogen-bond acceptors (Lipinski definition) is 6. The number of anilines is 1. The zero-order valence-corrected chi connectivity index (χ0v) is 21.3. The number of para-hydroxylation sites is 2. The van der Waals surface area contributed by atoms with Gasteiger partial charge < -0.3 is 19.3 Å². The summed E-state index contributed by atoms with van der Waals surface area (Å²) in [7, 11) is 3.04. The minimum absolute atomic E-state index is 0.0233. The van der Waals surface area contributed by atoms with Gasteiger partial charge in [-0.1, -0.05) is 60.7 Å². The van der Waals surface area contributed by atoms with Crippen molar-refractivity contribution in [1.82, 2.24) is 0 Å². The van der Waals surface area contributed by atoms with Crippen LogP contribution in [0.1, 0.15) is 24.1 Å². The molecule has 1 heterocycles. The van der Waals surface area contributed by atoms with Gasteiger partial charge in [0.2, 0.25) is 0 Å². The van der Waals surface area contributed by atoms with E-state index >= 15 is 0 Å². The second kappa shape index (κ2) is 10.3. The summed E-state index contributed by atoms with van der Waals surface area (Å²) in [4.78, 5) is 28.6. The molecule has 0 saturated carbocycles. The number of benzene rings is 4. The van der Waals surface area contributed by atoms with E-state index < -0.39 is 17.7 Å². The van der Waals surface area contributed by atoms with Crippen molar-refractivity contribution in [3.63, 3.8) is 0 Å². The summed E-state index contributed by atoms with van der Waals surface area (Å²) in [5, 5.41) is 13.4. The summed E-state index contributed by atoms with van der Waals surface area (Å²) in [6.07, 6.45) is 0. The molecule has 1 atom stereocenters. The molecule has 0 spiro atoms. The Labute approximate surface area is 220 Å². The highest BCUT2D eigenvalue weighted by atomic mass is 16.5. The first-order valence-corrected chi connectivity index (χ1v) is 12.2. The molecule has 7 heteroatoms. The van der Waals surface area contributed by atoms with Gasteiger partial charge in [0.25, 0.3) is 11.7 Å². The highest BCUT2D eigenvalue weighted by Crippen LogP contribution is 2.46. The maximum absolute atomic E-state index is 13.7. The molecule has 0 bridgehead atoms. The number of carbonyl (C=O) groups is 2. The number of aliphatic hydroxyl groups is 1. The minimum Gasteiger partial charge on any atom is -0.507 e. The van der Waals surface area contributed by atoms with Crippen LogP contribution in [0.15, 0.2) is 90.5 Å². The SMILES string of the molecule is CCOc1cc(C2/C(=C(\O)c3cccc4ccccc34)C(=O)C(=O)N2c2ccccc2OC)ccc1OC. The van der Waals surface area contributed by atoms with Crippen LogP contribution in [-0.4, -0.2) is 37.6 Å². The van der Waals surface area contributed by atoms with E-state index in [1.54, 1.807) is 55.6 Å². The normalized spacial score (nSPS) is 16.6. The van der Waals surface area contributed by atoms with E-state index in [0.29, 0.717) is 40.7 Å². The largest absolute Gasteiger partial charge is 0.507 e. The van der Waals surface area contributed by atoms with Gasteiger partial charge in [-0.2, -0.15) is 0 Å². The summed E-state index contributed by atoms with van der Waals surface area (Å²) < 4.78 is 16.8. The van der Waals surface area contributed by atoms with Crippen LogP contribution in [0.25, 0.3) is 16.5 Å². The van der Waals surface area contributed by atoms with Crippen molar-refractivity contribution in [2.75, 3.05) is 25.7 Å². The Morgan fingerprint density at radius 3 is 2.32 bits per heavy atom. The van der Waals surface area contributed by atoms with Crippen LogP contribution in [0, 0.1) is 0 Å². The highest BCUT2D eigenvalue weighted by Gasteiger charge is 2.48. The summed E-state index contributed by atoms with van der Waals surface area (Å²) in [5.41, 5.74) is 1.42. The number of amides is 1. The van der Waals surface area contributed by atoms with E-state index in [4.69, 9.17) is 14.2 Å². The molecule has 4 aromatic rings. The highest BCUT2D eigenvalue weighted by molar-refractivity contribution is 6.52. The Hall–Kier alpha value is -4.78. The number of Topliss-reactive ketones (excluding diaryl/α,β-unsaturated/α-hetero) is 1. The fourth-order valence-corrected chi connectivity index (χ4v) is 4.93. The molecular weight excluding hydrogens is 482 g/mol. The van der Waals surface area contributed by atoms with E-state index in [2.05, 4.69) is 0 Å². The van der Waals surface area contributed by atoms with Crippen LogP contribution in [0.5, 0.6) is 17.2 Å². The van der Waals surface area contributed by atoms with Crippen LogP contribution < -0.4 is 19.1 Å². The fourth-order valence-electron chi connectivity index (χ4n) is 4.93. The molecule has 4 aromatic carbocycles. The zero-order valence-electron chi connectivity index (χ0n) is 21.3. The number of aliphatic hydroxyl groups excluding tert-OH is 1. The second-order valence-electron chi connectivity index (χ2n) is 8.71. The summed E-state index contributed by atoms with van der Waals surface area (Å²) in [6.45, 7) is 2.25. The molecule has 0 aromatic heterocycles. The van der Waals surface area contributed by atoms with Crippen molar-refractivity contribution in [3.8, 4) is 17.2 Å². The van der Waals surface area contributed by atoms with Crippen LogP contribution in [-0.2, 0) is 9.59 Å². The number of carbonyl (C=O) groups excluding carboxylic acids is 2. The van der Waals surface area contributed by atoms with Crippen molar-refractivity contribution < 1.29 is 28.9 Å². The lowest BCUT2D eigenvalue weighted by Gasteiger charge is -2.27. The zero-order chi connectivity index (χ0) is 26.8. The van der Waals surface area contributed by atoms with Gasteiger partial charge in [0, 0.05) is 5.56 Å². The van der Waals surface area contributed by atoms with Gasteiger partial charge in [-0.05, 0) is 47.5 Å². The molecule has 192 valence electrons. The molecule has 1 amide bonds. The van der Waals surface area contributed by atoms with Gasteiger partial charge in [-0.3, -0.25) is 14.5 Å². The second-order valence-corrected chi connectivity index (χ2v) is 8.71. The van der Waals surface area contributed by atoms with Crippen LogP contribution in [0.4, 0.5) is 5.69 Å². The number of methoxy groups -OCH3 is 2. The quantitative estimate of drug-likeness (QED) is 0.190. The molecule has 1 aliphatic rings. The molecule has 38 heavy (non-hydrogen) atoms.